The van der Waals surface area contributed by atoms with Crippen LogP contribution in [0.1, 0.15) is 44.5 Å². The summed E-state index contributed by atoms with van der Waals surface area (Å²) in [7, 11) is 0. The summed E-state index contributed by atoms with van der Waals surface area (Å²) in [6, 6.07) is 187. The van der Waals surface area contributed by atoms with E-state index in [1.165, 1.54) is 110 Å². The molecule has 0 spiro atoms. The molecule has 0 N–H and O–H groups in total. The fourth-order valence-corrected chi connectivity index (χ4v) is 14.5. The minimum atomic E-state index is -0.328. The van der Waals surface area contributed by atoms with Gasteiger partial charge in [0.05, 0.1) is 10.8 Å². The standard InChI is InChI=1S/C25H18.C25H20.C20H14.C12H10.C10H8.C6H6.2C6H5.Y/c1-3-11-19(12-4-1)25(20-13-5-2-6-14-20)23-17-9-7-15-21(23)22-16-8-10-18-24(22)25;1-5-13-21(14-6-1)25(22-15-7-2-8-16-22,23-17-9-3-10-18-23)24-19-11-4-12-20-24;1-3-11-17-15(7-1)9-5-13-19(17)20-14-6-10-16-8-2-4-12-18(16)20;1-3-7-11(8-4-1)12-9-5-2-6-10-12;1-2-6-10-8-4-3-7-9(10)5-1;3*1-2-4-6-5-3-1;/h1-18H;1-20H;1-14H;1-10H;1-8H;1-6H;2*1-5H;/q;;;;;;2*-1;. The monoisotopic (exact) mass is 1500 g/mol. The summed E-state index contributed by atoms with van der Waals surface area (Å²) >= 11 is 0. The Morgan fingerprint density at radius 3 is 0.676 bits per heavy atom. The molecule has 531 valence electrons. The normalized spacial score (nSPS) is 10.9. The van der Waals surface area contributed by atoms with Gasteiger partial charge in [0, 0.05) is 32.7 Å². The van der Waals surface area contributed by atoms with Crippen molar-refractivity contribution in [3.8, 4) is 33.4 Å². The molecule has 111 heavy (non-hydrogen) atoms. The molecule has 0 saturated carbocycles. The minimum Gasteiger partial charge on any atom is -0.184 e. The van der Waals surface area contributed by atoms with E-state index < -0.39 is 0 Å². The Balaban J connectivity index is 0.000000125. The van der Waals surface area contributed by atoms with E-state index in [1.807, 2.05) is 109 Å². The number of benzene rings is 19. The van der Waals surface area contributed by atoms with Crippen LogP contribution in [0.15, 0.2) is 522 Å². The molecule has 0 fully saturated rings. The molecule has 0 unspecified atom stereocenters. The van der Waals surface area contributed by atoms with Crippen LogP contribution in [-0.2, 0) is 43.5 Å². The molecule has 1 heteroatoms. The Morgan fingerprint density at radius 1 is 0.171 bits per heavy atom. The Bertz CT molecular complexity index is 5090. The first-order valence-corrected chi connectivity index (χ1v) is 37.6. The van der Waals surface area contributed by atoms with Gasteiger partial charge >= 0.3 is 0 Å². The molecule has 1 radical (unpaired) electrons. The molecular formula is C110H86Y-2. The van der Waals surface area contributed by atoms with Crippen LogP contribution < -0.4 is 0 Å². The molecule has 19 aromatic rings. The van der Waals surface area contributed by atoms with Crippen molar-refractivity contribution in [2.75, 3.05) is 0 Å². The van der Waals surface area contributed by atoms with Gasteiger partial charge in [0.25, 0.3) is 0 Å². The first kappa shape index (κ1) is 77.7. The van der Waals surface area contributed by atoms with Crippen LogP contribution in [0, 0.1) is 12.1 Å². The van der Waals surface area contributed by atoms with Crippen molar-refractivity contribution in [1.29, 1.82) is 0 Å². The first-order chi connectivity index (χ1) is 54.7. The molecule has 0 saturated heterocycles. The second-order valence-corrected chi connectivity index (χ2v) is 26.2. The van der Waals surface area contributed by atoms with E-state index in [0.717, 1.165) is 0 Å². The van der Waals surface area contributed by atoms with Crippen LogP contribution >= 0.6 is 0 Å². The second-order valence-electron chi connectivity index (χ2n) is 26.2. The van der Waals surface area contributed by atoms with E-state index in [1.54, 1.807) is 0 Å². The maximum atomic E-state index is 2.89. The molecule has 1 aliphatic carbocycles. The third kappa shape index (κ3) is 19.7. The third-order valence-electron chi connectivity index (χ3n) is 19.5. The summed E-state index contributed by atoms with van der Waals surface area (Å²) in [6.07, 6.45) is 0. The van der Waals surface area contributed by atoms with Crippen molar-refractivity contribution in [2.45, 2.75) is 10.8 Å². The first-order valence-electron chi connectivity index (χ1n) is 37.6. The van der Waals surface area contributed by atoms with Crippen LogP contribution in [-0.4, -0.2) is 0 Å². The van der Waals surface area contributed by atoms with E-state index in [-0.39, 0.29) is 43.5 Å². The smallest absolute Gasteiger partial charge is 0.0713 e. The zero-order valence-corrected chi connectivity index (χ0v) is 65.1. The predicted molar refractivity (Wildman–Crippen MR) is 468 cm³/mol. The average molecular weight is 1500 g/mol. The topological polar surface area (TPSA) is 0 Å². The number of hydrogen-bond acceptors (Lipinski definition) is 0. The third-order valence-corrected chi connectivity index (χ3v) is 19.5. The van der Waals surface area contributed by atoms with Crippen LogP contribution in [0.2, 0.25) is 0 Å². The molecule has 19 aromatic carbocycles. The molecule has 20 rings (SSSR count). The second kappa shape index (κ2) is 41.4. The average Bonchev–Trinajstić information content (AvgIpc) is 1.55. The van der Waals surface area contributed by atoms with Crippen LogP contribution in [0.25, 0.3) is 65.7 Å². The Hall–Kier alpha value is -12.9. The van der Waals surface area contributed by atoms with Gasteiger partial charge in [-0.1, -0.05) is 461 Å². The molecule has 0 atom stereocenters. The number of fused-ring (bicyclic) bond motifs is 6. The van der Waals surface area contributed by atoms with E-state index in [0.29, 0.717) is 0 Å². The quantitative estimate of drug-likeness (QED) is 0.105. The number of rotatable bonds is 8. The largest absolute Gasteiger partial charge is 0.184 e. The van der Waals surface area contributed by atoms with E-state index in [2.05, 4.69) is 425 Å². The van der Waals surface area contributed by atoms with Crippen molar-refractivity contribution in [3.05, 3.63) is 578 Å². The Labute approximate surface area is 681 Å². The van der Waals surface area contributed by atoms with Crippen molar-refractivity contribution >= 4 is 32.3 Å². The molecule has 0 nitrogen and oxygen atoms in total. The van der Waals surface area contributed by atoms with Crippen molar-refractivity contribution in [3.63, 3.8) is 0 Å². The summed E-state index contributed by atoms with van der Waals surface area (Å²) in [5, 5.41) is 7.82. The van der Waals surface area contributed by atoms with Gasteiger partial charge in [-0.25, -0.2) is 0 Å². The molecule has 0 amide bonds. The van der Waals surface area contributed by atoms with E-state index in [9.17, 15) is 0 Å². The molecule has 0 heterocycles. The van der Waals surface area contributed by atoms with Gasteiger partial charge in [-0.15, -0.1) is 0 Å². The predicted octanol–water partition coefficient (Wildman–Crippen LogP) is 28.6. The van der Waals surface area contributed by atoms with Gasteiger partial charge in [-0.3, -0.25) is 0 Å². The fourth-order valence-electron chi connectivity index (χ4n) is 14.5. The van der Waals surface area contributed by atoms with Gasteiger partial charge < -0.3 is 0 Å². The summed E-state index contributed by atoms with van der Waals surface area (Å²) in [5.74, 6) is 0. The summed E-state index contributed by atoms with van der Waals surface area (Å²) in [6.45, 7) is 0. The zero-order valence-electron chi connectivity index (χ0n) is 62.2. The van der Waals surface area contributed by atoms with E-state index >= 15 is 0 Å². The van der Waals surface area contributed by atoms with Crippen molar-refractivity contribution < 1.29 is 32.7 Å². The van der Waals surface area contributed by atoms with Crippen LogP contribution in [0.3, 0.4) is 0 Å². The van der Waals surface area contributed by atoms with Gasteiger partial charge in [-0.2, -0.15) is 72.8 Å². The Kier molecular flexibility index (Phi) is 29.0. The Morgan fingerprint density at radius 2 is 0.387 bits per heavy atom. The molecule has 1 aliphatic rings. The molecule has 0 bridgehead atoms. The molecular weight excluding hydrogens is 1410 g/mol. The summed E-state index contributed by atoms with van der Waals surface area (Å²) < 4.78 is 0. The number of hydrogen-bond donors (Lipinski definition) is 0. The van der Waals surface area contributed by atoms with Crippen molar-refractivity contribution in [1.82, 2.24) is 0 Å². The SMILES string of the molecule is [Y].[c-]1ccccc1.[c-]1ccccc1.c1ccc(-c2ccccc2)cc1.c1ccc(C(c2ccccc2)(c2ccccc2)c2ccccc2)cc1.c1ccc(C2(c3ccccc3)c3ccccc3-c3ccccc32)cc1.c1ccc2c(-c3cccc4ccccc34)cccc2c1.c1ccc2ccccc2c1.c1ccccc1. The van der Waals surface area contributed by atoms with Gasteiger partial charge in [0.15, 0.2) is 0 Å². The van der Waals surface area contributed by atoms with E-state index in [4.69, 9.17) is 0 Å². The zero-order chi connectivity index (χ0) is 74.8. The van der Waals surface area contributed by atoms with Gasteiger partial charge in [-0.05, 0) is 110 Å². The van der Waals surface area contributed by atoms with Crippen LogP contribution in [0.5, 0.6) is 0 Å². The maximum absolute atomic E-state index is 2.89. The summed E-state index contributed by atoms with van der Waals surface area (Å²) in [4.78, 5) is 0. The fraction of sp³-hybridized carbons (Fsp3) is 0.0182. The van der Waals surface area contributed by atoms with Gasteiger partial charge in [0.2, 0.25) is 0 Å². The van der Waals surface area contributed by atoms with Crippen LogP contribution in [0.4, 0.5) is 0 Å². The summed E-state index contributed by atoms with van der Waals surface area (Å²) in [5.41, 5.74) is 17.7. The molecule has 0 aliphatic heterocycles. The molecule has 0 aromatic heterocycles. The van der Waals surface area contributed by atoms with Gasteiger partial charge in [0.1, 0.15) is 0 Å². The van der Waals surface area contributed by atoms with Crippen molar-refractivity contribution in [2.24, 2.45) is 0 Å². The minimum absolute atomic E-state index is 0. The maximum Gasteiger partial charge on any atom is 0.0713 e.